The zero-order chi connectivity index (χ0) is 12.0. The van der Waals surface area contributed by atoms with E-state index in [9.17, 15) is 0 Å². The average Bonchev–Trinajstić information content (AvgIpc) is 2.24. The molecule has 1 N–H and O–H groups in total. The van der Waals surface area contributed by atoms with E-state index in [0.29, 0.717) is 6.04 Å². The highest BCUT2D eigenvalue weighted by Crippen LogP contribution is 2.23. The Bertz CT molecular complexity index is 307. The molecular weight excluding hydrogens is 196 g/mol. The number of rotatable bonds is 6. The van der Waals surface area contributed by atoms with Gasteiger partial charge in [-0.25, -0.2) is 0 Å². The van der Waals surface area contributed by atoms with Gasteiger partial charge in [-0.15, -0.1) is 0 Å². The van der Waals surface area contributed by atoms with E-state index in [1.165, 1.54) is 24.0 Å². The molecule has 90 valence electrons. The van der Waals surface area contributed by atoms with Gasteiger partial charge in [-0.3, -0.25) is 0 Å². The topological polar surface area (TPSA) is 15.3 Å². The van der Waals surface area contributed by atoms with Gasteiger partial charge in [0.2, 0.25) is 0 Å². The second kappa shape index (κ2) is 6.66. The van der Waals surface area contributed by atoms with Gasteiger partial charge < -0.3 is 10.2 Å². The molecule has 0 aliphatic rings. The van der Waals surface area contributed by atoms with Crippen LogP contribution in [0.25, 0.3) is 0 Å². The average molecular weight is 220 g/mol. The minimum atomic E-state index is 0.535. The summed E-state index contributed by atoms with van der Waals surface area (Å²) in [7, 11) is 6.33. The SMILES string of the molecule is CNCCCC(c1cccc(C)c1)N(C)C. The number of hydrogen-bond acceptors (Lipinski definition) is 2. The molecule has 1 atom stereocenters. The van der Waals surface area contributed by atoms with E-state index in [4.69, 9.17) is 0 Å². The molecule has 0 fully saturated rings. The largest absolute Gasteiger partial charge is 0.320 e. The summed E-state index contributed by atoms with van der Waals surface area (Å²) in [6, 6.07) is 9.37. The second-order valence-corrected chi connectivity index (χ2v) is 4.64. The molecule has 0 radical (unpaired) electrons. The summed E-state index contributed by atoms with van der Waals surface area (Å²) < 4.78 is 0. The molecule has 1 aromatic rings. The van der Waals surface area contributed by atoms with Crippen LogP contribution in [0.5, 0.6) is 0 Å². The third kappa shape index (κ3) is 3.95. The van der Waals surface area contributed by atoms with Gasteiger partial charge in [0.05, 0.1) is 0 Å². The van der Waals surface area contributed by atoms with Crippen molar-refractivity contribution in [2.24, 2.45) is 0 Å². The smallest absolute Gasteiger partial charge is 0.0342 e. The van der Waals surface area contributed by atoms with Crippen molar-refractivity contribution in [3.05, 3.63) is 35.4 Å². The maximum atomic E-state index is 3.21. The van der Waals surface area contributed by atoms with Gasteiger partial charge in [-0.2, -0.15) is 0 Å². The normalized spacial score (nSPS) is 13.1. The Balaban J connectivity index is 2.69. The number of nitrogens with one attached hydrogen (secondary N) is 1. The van der Waals surface area contributed by atoms with Crippen LogP contribution in [-0.4, -0.2) is 32.6 Å². The molecule has 16 heavy (non-hydrogen) atoms. The minimum Gasteiger partial charge on any atom is -0.320 e. The summed E-state index contributed by atoms with van der Waals surface area (Å²) in [6.45, 7) is 3.25. The first-order valence-corrected chi connectivity index (χ1v) is 6.02. The number of aryl methyl sites for hydroxylation is 1. The molecule has 0 bridgehead atoms. The van der Waals surface area contributed by atoms with E-state index in [1.807, 2.05) is 7.05 Å². The molecule has 1 aromatic carbocycles. The maximum absolute atomic E-state index is 3.21. The highest BCUT2D eigenvalue weighted by atomic mass is 15.1. The Labute approximate surface area is 99.7 Å². The third-order valence-corrected chi connectivity index (χ3v) is 2.95. The van der Waals surface area contributed by atoms with Crippen LogP contribution >= 0.6 is 0 Å². The molecule has 1 unspecified atom stereocenters. The van der Waals surface area contributed by atoms with Crippen molar-refractivity contribution in [3.8, 4) is 0 Å². The van der Waals surface area contributed by atoms with Gasteiger partial charge in [0.25, 0.3) is 0 Å². The Morgan fingerprint density at radius 1 is 1.31 bits per heavy atom. The summed E-state index contributed by atoms with van der Waals surface area (Å²) in [5.74, 6) is 0. The van der Waals surface area contributed by atoms with E-state index in [-0.39, 0.29) is 0 Å². The van der Waals surface area contributed by atoms with Crippen molar-refractivity contribution in [1.82, 2.24) is 10.2 Å². The van der Waals surface area contributed by atoms with Crippen molar-refractivity contribution in [2.45, 2.75) is 25.8 Å². The lowest BCUT2D eigenvalue weighted by Gasteiger charge is -2.25. The highest BCUT2D eigenvalue weighted by molar-refractivity contribution is 5.25. The fourth-order valence-electron chi connectivity index (χ4n) is 2.07. The lowest BCUT2D eigenvalue weighted by Crippen LogP contribution is -2.21. The monoisotopic (exact) mass is 220 g/mol. The van der Waals surface area contributed by atoms with Gasteiger partial charge in [0.1, 0.15) is 0 Å². The van der Waals surface area contributed by atoms with Gasteiger partial charge in [-0.1, -0.05) is 29.8 Å². The second-order valence-electron chi connectivity index (χ2n) is 4.64. The van der Waals surface area contributed by atoms with E-state index in [0.717, 1.165) is 6.54 Å². The van der Waals surface area contributed by atoms with Gasteiger partial charge in [-0.05, 0) is 53.0 Å². The molecule has 0 aliphatic carbocycles. The third-order valence-electron chi connectivity index (χ3n) is 2.95. The zero-order valence-corrected chi connectivity index (χ0v) is 11.0. The van der Waals surface area contributed by atoms with Gasteiger partial charge in [0, 0.05) is 6.04 Å². The molecule has 0 spiro atoms. The zero-order valence-electron chi connectivity index (χ0n) is 11.0. The fourth-order valence-corrected chi connectivity index (χ4v) is 2.07. The summed E-state index contributed by atoms with van der Waals surface area (Å²) in [6.07, 6.45) is 2.42. The van der Waals surface area contributed by atoms with Crippen LogP contribution in [0.2, 0.25) is 0 Å². The Morgan fingerprint density at radius 3 is 2.62 bits per heavy atom. The van der Waals surface area contributed by atoms with Crippen LogP contribution in [0.4, 0.5) is 0 Å². The van der Waals surface area contributed by atoms with Crippen LogP contribution in [0, 0.1) is 6.92 Å². The quantitative estimate of drug-likeness (QED) is 0.741. The molecule has 0 aliphatic heterocycles. The van der Waals surface area contributed by atoms with Crippen molar-refractivity contribution >= 4 is 0 Å². The molecule has 0 saturated heterocycles. The Hall–Kier alpha value is -0.860. The van der Waals surface area contributed by atoms with E-state index in [1.54, 1.807) is 0 Å². The number of nitrogens with zero attached hydrogens (tertiary/aromatic N) is 1. The lowest BCUT2D eigenvalue weighted by atomic mass is 9.99. The number of benzene rings is 1. The summed E-state index contributed by atoms with van der Waals surface area (Å²) in [4.78, 5) is 2.31. The summed E-state index contributed by atoms with van der Waals surface area (Å²) >= 11 is 0. The predicted octanol–water partition coefficient (Wildman–Crippen LogP) is 2.60. The summed E-state index contributed by atoms with van der Waals surface area (Å²) in [5, 5.41) is 3.21. The minimum absolute atomic E-state index is 0.535. The van der Waals surface area contributed by atoms with Crippen molar-refractivity contribution < 1.29 is 0 Å². The Kier molecular flexibility index (Phi) is 5.50. The first kappa shape index (κ1) is 13.2. The van der Waals surface area contributed by atoms with Crippen LogP contribution in [0.3, 0.4) is 0 Å². The van der Waals surface area contributed by atoms with Crippen LogP contribution in [-0.2, 0) is 0 Å². The van der Waals surface area contributed by atoms with Gasteiger partial charge >= 0.3 is 0 Å². The predicted molar refractivity (Wildman–Crippen MR) is 70.8 cm³/mol. The first-order valence-electron chi connectivity index (χ1n) is 6.02. The summed E-state index contributed by atoms with van der Waals surface area (Å²) in [5.41, 5.74) is 2.78. The maximum Gasteiger partial charge on any atom is 0.0342 e. The van der Waals surface area contributed by atoms with E-state index < -0.39 is 0 Å². The lowest BCUT2D eigenvalue weighted by molar-refractivity contribution is 0.279. The van der Waals surface area contributed by atoms with Crippen LogP contribution < -0.4 is 5.32 Å². The van der Waals surface area contributed by atoms with Crippen molar-refractivity contribution in [3.63, 3.8) is 0 Å². The molecule has 0 aromatic heterocycles. The fraction of sp³-hybridized carbons (Fsp3) is 0.571. The van der Waals surface area contributed by atoms with Crippen molar-refractivity contribution in [2.75, 3.05) is 27.7 Å². The molecule has 0 heterocycles. The van der Waals surface area contributed by atoms with Gasteiger partial charge in [0.15, 0.2) is 0 Å². The Morgan fingerprint density at radius 2 is 2.06 bits per heavy atom. The molecule has 0 saturated carbocycles. The van der Waals surface area contributed by atoms with Crippen LogP contribution in [0.15, 0.2) is 24.3 Å². The van der Waals surface area contributed by atoms with Crippen LogP contribution in [0.1, 0.15) is 30.0 Å². The number of hydrogen-bond donors (Lipinski definition) is 1. The molecule has 2 heteroatoms. The standard InChI is InChI=1S/C14H24N2/c1-12-7-5-8-13(11-12)14(16(3)4)9-6-10-15-2/h5,7-8,11,14-15H,6,9-10H2,1-4H3. The first-order chi connectivity index (χ1) is 7.65. The van der Waals surface area contributed by atoms with E-state index in [2.05, 4.69) is 55.5 Å². The molecular formula is C14H24N2. The molecule has 0 amide bonds. The molecule has 2 nitrogen and oxygen atoms in total. The van der Waals surface area contributed by atoms with E-state index >= 15 is 0 Å². The molecule has 1 rings (SSSR count). The van der Waals surface area contributed by atoms with Crippen molar-refractivity contribution in [1.29, 1.82) is 0 Å². The highest BCUT2D eigenvalue weighted by Gasteiger charge is 2.13.